The fraction of sp³-hybridized carbons (Fsp3) is 0.182. The molecule has 14 heavy (non-hydrogen) atoms. The molecular weight excluding hydrogens is 174 g/mol. The van der Waals surface area contributed by atoms with E-state index >= 15 is 0 Å². The summed E-state index contributed by atoms with van der Waals surface area (Å²) in [5, 5.41) is 7.07. The minimum absolute atomic E-state index is 1.64. The molecule has 0 bridgehead atoms. The predicted molar refractivity (Wildman–Crippen MR) is 57.6 cm³/mol. The third kappa shape index (κ3) is 8.33. The summed E-state index contributed by atoms with van der Waals surface area (Å²) in [6, 6.07) is 9.37. The smallest absolute Gasteiger partial charge is 0.0496 e. The van der Waals surface area contributed by atoms with E-state index in [1.807, 2.05) is 44.2 Å². The highest BCUT2D eigenvalue weighted by atomic mass is 15.1. The zero-order valence-corrected chi connectivity index (χ0v) is 8.54. The van der Waals surface area contributed by atoms with Gasteiger partial charge in [-0.1, -0.05) is 19.9 Å². The summed E-state index contributed by atoms with van der Waals surface area (Å²) in [5.74, 6) is 0. The van der Waals surface area contributed by atoms with Crippen LogP contribution in [0.5, 0.6) is 0 Å². The van der Waals surface area contributed by atoms with Crippen LogP contribution in [0.4, 0.5) is 0 Å². The van der Waals surface area contributed by atoms with Gasteiger partial charge in [0, 0.05) is 24.8 Å². The van der Waals surface area contributed by atoms with Crippen LogP contribution in [0.15, 0.2) is 55.1 Å². The first-order valence-corrected chi connectivity index (χ1v) is 4.57. The molecule has 0 N–H and O–H groups in total. The van der Waals surface area contributed by atoms with Crippen LogP contribution in [0.1, 0.15) is 13.8 Å². The van der Waals surface area contributed by atoms with Gasteiger partial charge in [-0.2, -0.15) is 10.2 Å². The van der Waals surface area contributed by atoms with Gasteiger partial charge in [0.1, 0.15) is 0 Å². The Morgan fingerprint density at radius 1 is 0.571 bits per heavy atom. The Balaban J connectivity index is 0.000000206. The van der Waals surface area contributed by atoms with Crippen LogP contribution in [0, 0.1) is 0 Å². The SMILES string of the molecule is CC.c1ccncc1.c1ccnnc1. The molecule has 0 aliphatic rings. The minimum Gasteiger partial charge on any atom is -0.265 e. The quantitative estimate of drug-likeness (QED) is 0.639. The average molecular weight is 189 g/mol. The van der Waals surface area contributed by atoms with Crippen molar-refractivity contribution in [3.8, 4) is 0 Å². The average Bonchev–Trinajstić information content (AvgIpc) is 2.37. The molecule has 0 fully saturated rings. The van der Waals surface area contributed by atoms with Gasteiger partial charge >= 0.3 is 0 Å². The third-order valence-electron chi connectivity index (χ3n) is 1.05. The maximum atomic E-state index is 3.78. The lowest BCUT2D eigenvalue weighted by Gasteiger charge is -1.70. The van der Waals surface area contributed by atoms with Gasteiger partial charge in [0.15, 0.2) is 0 Å². The van der Waals surface area contributed by atoms with Gasteiger partial charge in [-0.15, -0.1) is 0 Å². The number of hydrogen-bond donors (Lipinski definition) is 0. The summed E-state index contributed by atoms with van der Waals surface area (Å²) in [6.07, 6.45) is 6.78. The van der Waals surface area contributed by atoms with Crippen molar-refractivity contribution in [3.05, 3.63) is 55.1 Å². The van der Waals surface area contributed by atoms with Crippen LogP contribution < -0.4 is 0 Å². The normalized spacial score (nSPS) is 7.29. The molecule has 3 nitrogen and oxygen atoms in total. The van der Waals surface area contributed by atoms with Crippen molar-refractivity contribution in [2.24, 2.45) is 0 Å². The molecular formula is C11H15N3. The van der Waals surface area contributed by atoms with Gasteiger partial charge < -0.3 is 0 Å². The van der Waals surface area contributed by atoms with Crippen LogP contribution in [0.25, 0.3) is 0 Å². The van der Waals surface area contributed by atoms with E-state index in [1.54, 1.807) is 24.8 Å². The molecule has 0 spiro atoms. The van der Waals surface area contributed by atoms with Crippen LogP contribution in [0.3, 0.4) is 0 Å². The lowest BCUT2D eigenvalue weighted by molar-refractivity contribution is 1.03. The zero-order chi connectivity index (χ0) is 10.5. The zero-order valence-electron chi connectivity index (χ0n) is 8.54. The molecule has 0 radical (unpaired) electrons. The number of rotatable bonds is 0. The highest BCUT2D eigenvalue weighted by Crippen LogP contribution is 1.73. The molecule has 0 atom stereocenters. The van der Waals surface area contributed by atoms with Gasteiger partial charge in [0.25, 0.3) is 0 Å². The van der Waals surface area contributed by atoms with Gasteiger partial charge in [-0.05, 0) is 24.3 Å². The minimum atomic E-state index is 1.64. The Kier molecular flexibility index (Phi) is 9.81. The molecule has 0 saturated carbocycles. The van der Waals surface area contributed by atoms with Crippen molar-refractivity contribution >= 4 is 0 Å². The van der Waals surface area contributed by atoms with Crippen molar-refractivity contribution in [2.75, 3.05) is 0 Å². The van der Waals surface area contributed by atoms with E-state index in [9.17, 15) is 0 Å². The van der Waals surface area contributed by atoms with E-state index in [-0.39, 0.29) is 0 Å². The first kappa shape index (κ1) is 12.2. The van der Waals surface area contributed by atoms with Gasteiger partial charge in [0.2, 0.25) is 0 Å². The maximum Gasteiger partial charge on any atom is 0.0496 e. The van der Waals surface area contributed by atoms with E-state index in [0.29, 0.717) is 0 Å². The second kappa shape index (κ2) is 11.2. The maximum absolute atomic E-state index is 3.78. The van der Waals surface area contributed by atoms with Crippen LogP contribution in [-0.2, 0) is 0 Å². The number of pyridine rings is 1. The molecule has 0 aliphatic heterocycles. The summed E-state index contributed by atoms with van der Waals surface area (Å²) in [5.41, 5.74) is 0. The van der Waals surface area contributed by atoms with Gasteiger partial charge in [-0.3, -0.25) is 4.98 Å². The van der Waals surface area contributed by atoms with E-state index < -0.39 is 0 Å². The van der Waals surface area contributed by atoms with E-state index in [2.05, 4.69) is 15.2 Å². The Bertz CT molecular complexity index is 186. The second-order valence-corrected chi connectivity index (χ2v) is 1.94. The van der Waals surface area contributed by atoms with Crippen molar-refractivity contribution in [2.45, 2.75) is 13.8 Å². The van der Waals surface area contributed by atoms with Crippen molar-refractivity contribution < 1.29 is 0 Å². The van der Waals surface area contributed by atoms with Crippen LogP contribution in [-0.4, -0.2) is 15.2 Å². The molecule has 0 aliphatic carbocycles. The molecule has 2 rings (SSSR count). The van der Waals surface area contributed by atoms with Crippen molar-refractivity contribution in [3.63, 3.8) is 0 Å². The molecule has 74 valence electrons. The highest BCUT2D eigenvalue weighted by Gasteiger charge is 1.59. The molecule has 0 unspecified atom stereocenters. The summed E-state index contributed by atoms with van der Waals surface area (Å²) < 4.78 is 0. The summed E-state index contributed by atoms with van der Waals surface area (Å²) in [4.78, 5) is 3.78. The highest BCUT2D eigenvalue weighted by molar-refractivity contribution is 4.88. The monoisotopic (exact) mass is 189 g/mol. The Hall–Kier alpha value is -1.77. The Labute approximate surface area is 84.9 Å². The first-order valence-electron chi connectivity index (χ1n) is 4.57. The Morgan fingerprint density at radius 3 is 1.14 bits per heavy atom. The fourth-order valence-electron chi connectivity index (χ4n) is 0.566. The van der Waals surface area contributed by atoms with E-state index in [1.165, 1.54) is 0 Å². The standard InChI is InChI=1S/C5H5N.C4H4N2.C2H6/c2*1-2-4-6-5-3-1;1-2/h1-5H;1-4H;1-2H3. The number of nitrogens with zero attached hydrogens (tertiary/aromatic N) is 3. The van der Waals surface area contributed by atoms with Gasteiger partial charge in [0.05, 0.1) is 0 Å². The first-order chi connectivity index (χ1) is 7.00. The van der Waals surface area contributed by atoms with Crippen LogP contribution in [0.2, 0.25) is 0 Å². The lowest BCUT2D eigenvalue weighted by Crippen LogP contribution is -1.69. The molecule has 3 heteroatoms. The fourth-order valence-corrected chi connectivity index (χ4v) is 0.566. The third-order valence-corrected chi connectivity index (χ3v) is 1.05. The van der Waals surface area contributed by atoms with E-state index in [0.717, 1.165) is 0 Å². The van der Waals surface area contributed by atoms with Crippen molar-refractivity contribution in [1.82, 2.24) is 15.2 Å². The largest absolute Gasteiger partial charge is 0.265 e. The molecule has 2 aromatic rings. The number of aromatic nitrogens is 3. The van der Waals surface area contributed by atoms with Crippen LogP contribution >= 0.6 is 0 Å². The molecule has 2 aromatic heterocycles. The summed E-state index contributed by atoms with van der Waals surface area (Å²) in [6.45, 7) is 4.00. The Morgan fingerprint density at radius 2 is 1.00 bits per heavy atom. The predicted octanol–water partition coefficient (Wildman–Crippen LogP) is 2.58. The van der Waals surface area contributed by atoms with Gasteiger partial charge in [-0.25, -0.2) is 0 Å². The number of hydrogen-bond acceptors (Lipinski definition) is 3. The summed E-state index contributed by atoms with van der Waals surface area (Å²) in [7, 11) is 0. The molecule has 0 saturated heterocycles. The molecule has 0 aromatic carbocycles. The second-order valence-electron chi connectivity index (χ2n) is 1.94. The molecule has 2 heterocycles. The summed E-state index contributed by atoms with van der Waals surface area (Å²) >= 11 is 0. The van der Waals surface area contributed by atoms with E-state index in [4.69, 9.17) is 0 Å². The topological polar surface area (TPSA) is 38.7 Å². The lowest BCUT2D eigenvalue weighted by atomic mass is 10.5. The van der Waals surface area contributed by atoms with Crippen molar-refractivity contribution in [1.29, 1.82) is 0 Å². The molecule has 0 amide bonds.